The molecule has 2 N–H and O–H groups in total. The summed E-state index contributed by atoms with van der Waals surface area (Å²) in [6.45, 7) is 2.32. The lowest BCUT2D eigenvalue weighted by molar-refractivity contribution is 0.268. The lowest BCUT2D eigenvalue weighted by atomic mass is 10.3. The number of nitrogens with zero attached hydrogens (tertiary/aromatic N) is 1. The standard InChI is InChI=1S/C6H8N2OS/c1-2-9-4-5(3-7)6(8)10/h4H,2H2,1H3,(H2,8,10)/b5-4+. The van der Waals surface area contributed by atoms with E-state index in [1.807, 2.05) is 6.92 Å². The molecule has 0 aliphatic carbocycles. The van der Waals surface area contributed by atoms with Gasteiger partial charge in [-0.05, 0) is 6.92 Å². The number of ether oxygens (including phenoxy) is 1. The highest BCUT2D eigenvalue weighted by Crippen LogP contribution is 1.92. The molecule has 0 saturated heterocycles. The summed E-state index contributed by atoms with van der Waals surface area (Å²) in [6.07, 6.45) is 1.27. The molecule has 0 aliphatic rings. The van der Waals surface area contributed by atoms with Crippen LogP contribution in [0.2, 0.25) is 0 Å². The Balaban J connectivity index is 4.09. The first kappa shape index (κ1) is 8.92. The highest BCUT2D eigenvalue weighted by molar-refractivity contribution is 7.80. The molecular weight excluding hydrogens is 148 g/mol. The van der Waals surface area contributed by atoms with Gasteiger partial charge in [-0.2, -0.15) is 5.26 Å². The molecule has 0 fully saturated rings. The highest BCUT2D eigenvalue weighted by atomic mass is 32.1. The quantitative estimate of drug-likeness (QED) is 0.283. The predicted octanol–water partition coefficient (Wildman–Crippen LogP) is 0.716. The van der Waals surface area contributed by atoms with E-state index < -0.39 is 0 Å². The number of rotatable bonds is 3. The molecule has 0 aromatic heterocycles. The summed E-state index contributed by atoms with van der Waals surface area (Å²) < 4.78 is 4.80. The van der Waals surface area contributed by atoms with Gasteiger partial charge in [0.15, 0.2) is 0 Å². The molecule has 0 amide bonds. The van der Waals surface area contributed by atoms with E-state index in [-0.39, 0.29) is 10.6 Å². The van der Waals surface area contributed by atoms with Gasteiger partial charge in [-0.3, -0.25) is 0 Å². The third-order valence-corrected chi connectivity index (χ3v) is 0.974. The van der Waals surface area contributed by atoms with Gasteiger partial charge >= 0.3 is 0 Å². The van der Waals surface area contributed by atoms with Crippen LogP contribution in [0.25, 0.3) is 0 Å². The Morgan fingerprint density at radius 3 is 2.80 bits per heavy atom. The van der Waals surface area contributed by atoms with E-state index in [1.165, 1.54) is 6.26 Å². The van der Waals surface area contributed by atoms with Crippen LogP contribution in [-0.2, 0) is 4.74 Å². The summed E-state index contributed by atoms with van der Waals surface area (Å²) in [4.78, 5) is 0.0657. The van der Waals surface area contributed by atoms with Crippen molar-refractivity contribution in [1.29, 1.82) is 5.26 Å². The van der Waals surface area contributed by atoms with Crippen molar-refractivity contribution in [3.8, 4) is 6.07 Å². The molecule has 0 atom stereocenters. The van der Waals surface area contributed by atoms with Crippen LogP contribution < -0.4 is 5.73 Å². The van der Waals surface area contributed by atoms with Crippen molar-refractivity contribution >= 4 is 17.2 Å². The Labute approximate surface area is 65.1 Å². The molecule has 0 rings (SSSR count). The zero-order valence-corrected chi connectivity index (χ0v) is 6.44. The van der Waals surface area contributed by atoms with E-state index in [2.05, 4.69) is 12.2 Å². The zero-order valence-electron chi connectivity index (χ0n) is 5.63. The molecule has 0 aromatic carbocycles. The van der Waals surface area contributed by atoms with Gasteiger partial charge in [0, 0.05) is 0 Å². The Hall–Kier alpha value is -1.08. The topological polar surface area (TPSA) is 59.0 Å². The molecule has 4 heteroatoms. The number of hydrogen-bond donors (Lipinski definition) is 1. The molecule has 0 heterocycles. The summed E-state index contributed by atoms with van der Waals surface area (Å²) in [5.74, 6) is 0. The van der Waals surface area contributed by atoms with Crippen LogP contribution in [0, 0.1) is 11.3 Å². The van der Waals surface area contributed by atoms with E-state index in [0.717, 1.165) is 0 Å². The maximum Gasteiger partial charge on any atom is 0.121 e. The second kappa shape index (κ2) is 4.77. The van der Waals surface area contributed by atoms with E-state index in [4.69, 9.17) is 15.7 Å². The highest BCUT2D eigenvalue weighted by Gasteiger charge is 1.96. The smallest absolute Gasteiger partial charge is 0.121 e. The van der Waals surface area contributed by atoms with Crippen molar-refractivity contribution in [2.24, 2.45) is 5.73 Å². The van der Waals surface area contributed by atoms with Crippen LogP contribution in [0.1, 0.15) is 6.92 Å². The van der Waals surface area contributed by atoms with Crippen molar-refractivity contribution in [2.75, 3.05) is 6.61 Å². The van der Waals surface area contributed by atoms with Crippen LogP contribution in [0.15, 0.2) is 11.8 Å². The van der Waals surface area contributed by atoms with E-state index >= 15 is 0 Å². The lowest BCUT2D eigenvalue weighted by Gasteiger charge is -1.94. The summed E-state index contributed by atoms with van der Waals surface area (Å²) in [5.41, 5.74) is 5.35. The molecule has 0 aliphatic heterocycles. The monoisotopic (exact) mass is 156 g/mol. The Morgan fingerprint density at radius 2 is 2.50 bits per heavy atom. The number of nitrogens with two attached hydrogens (primary N) is 1. The third-order valence-electron chi connectivity index (χ3n) is 0.754. The molecule has 10 heavy (non-hydrogen) atoms. The van der Waals surface area contributed by atoms with Crippen molar-refractivity contribution in [2.45, 2.75) is 6.92 Å². The maximum absolute atomic E-state index is 8.36. The van der Waals surface area contributed by atoms with Crippen LogP contribution in [-0.4, -0.2) is 11.6 Å². The van der Waals surface area contributed by atoms with Gasteiger partial charge in [-0.1, -0.05) is 12.2 Å². The summed E-state index contributed by atoms with van der Waals surface area (Å²) in [6, 6.07) is 1.81. The average Bonchev–Trinajstić information content (AvgIpc) is 1.89. The minimum atomic E-state index is 0.0657. The minimum absolute atomic E-state index is 0.0657. The predicted molar refractivity (Wildman–Crippen MR) is 42.1 cm³/mol. The zero-order chi connectivity index (χ0) is 7.98. The molecule has 3 nitrogen and oxygen atoms in total. The van der Waals surface area contributed by atoms with Crippen molar-refractivity contribution in [1.82, 2.24) is 0 Å². The van der Waals surface area contributed by atoms with Gasteiger partial charge in [-0.15, -0.1) is 0 Å². The largest absolute Gasteiger partial charge is 0.500 e. The normalized spacial score (nSPS) is 10.2. The molecule has 0 saturated carbocycles. The fraction of sp³-hybridized carbons (Fsp3) is 0.333. The van der Waals surface area contributed by atoms with Crippen molar-refractivity contribution in [3.63, 3.8) is 0 Å². The Bertz CT molecular complexity index is 192. The first-order valence-corrected chi connectivity index (χ1v) is 3.14. The first-order chi connectivity index (χ1) is 4.72. The van der Waals surface area contributed by atoms with Gasteiger partial charge in [-0.25, -0.2) is 0 Å². The number of nitriles is 1. The average molecular weight is 156 g/mol. The van der Waals surface area contributed by atoms with Gasteiger partial charge in [0.2, 0.25) is 0 Å². The molecular formula is C6H8N2OS. The first-order valence-electron chi connectivity index (χ1n) is 2.74. The van der Waals surface area contributed by atoms with Crippen molar-refractivity contribution in [3.05, 3.63) is 11.8 Å². The molecule has 0 aromatic rings. The van der Waals surface area contributed by atoms with Gasteiger partial charge in [0.1, 0.15) is 22.9 Å². The summed E-state index contributed by atoms with van der Waals surface area (Å²) >= 11 is 4.54. The summed E-state index contributed by atoms with van der Waals surface area (Å²) in [7, 11) is 0. The SMILES string of the molecule is CCO/C=C(\C#N)C(N)=S. The Morgan fingerprint density at radius 1 is 1.90 bits per heavy atom. The van der Waals surface area contributed by atoms with Crippen molar-refractivity contribution < 1.29 is 4.74 Å². The second-order valence-corrected chi connectivity index (χ2v) is 1.90. The fourth-order valence-electron chi connectivity index (χ4n) is 0.306. The minimum Gasteiger partial charge on any atom is -0.500 e. The molecule has 0 bridgehead atoms. The van der Waals surface area contributed by atoms with Crippen LogP contribution in [0.5, 0.6) is 0 Å². The van der Waals surface area contributed by atoms with E-state index in [0.29, 0.717) is 6.61 Å². The van der Waals surface area contributed by atoms with Crippen LogP contribution >= 0.6 is 12.2 Å². The van der Waals surface area contributed by atoms with Crippen LogP contribution in [0.4, 0.5) is 0 Å². The molecule has 0 spiro atoms. The Kier molecular flexibility index (Phi) is 4.25. The lowest BCUT2D eigenvalue weighted by Crippen LogP contribution is -2.10. The number of thiocarbonyl (C=S) groups is 1. The fourth-order valence-corrected chi connectivity index (χ4v) is 0.400. The summed E-state index contributed by atoms with van der Waals surface area (Å²) in [5, 5.41) is 8.36. The van der Waals surface area contributed by atoms with Gasteiger partial charge in [0.05, 0.1) is 6.61 Å². The van der Waals surface area contributed by atoms with E-state index in [9.17, 15) is 0 Å². The van der Waals surface area contributed by atoms with Gasteiger partial charge in [0.25, 0.3) is 0 Å². The number of hydrogen-bond acceptors (Lipinski definition) is 3. The third kappa shape index (κ3) is 3.05. The molecule has 0 radical (unpaired) electrons. The van der Waals surface area contributed by atoms with E-state index in [1.54, 1.807) is 6.07 Å². The molecule has 0 unspecified atom stereocenters. The van der Waals surface area contributed by atoms with Gasteiger partial charge < -0.3 is 10.5 Å². The molecule has 54 valence electrons. The second-order valence-electron chi connectivity index (χ2n) is 1.46. The van der Waals surface area contributed by atoms with Crippen LogP contribution in [0.3, 0.4) is 0 Å². The maximum atomic E-state index is 8.36.